The molecule has 1 aromatic carbocycles. The summed E-state index contributed by atoms with van der Waals surface area (Å²) in [6, 6.07) is 2.94. The van der Waals surface area contributed by atoms with Crippen molar-refractivity contribution in [1.29, 1.82) is 0 Å². The van der Waals surface area contributed by atoms with Crippen LogP contribution < -0.4 is 5.32 Å². The third-order valence-corrected chi connectivity index (χ3v) is 2.97. The van der Waals surface area contributed by atoms with E-state index in [4.69, 9.17) is 0 Å². The maximum atomic E-state index is 13.4. The Hall–Kier alpha value is -1.51. The average molecular weight is 363 g/mol. The quantitative estimate of drug-likeness (QED) is 0.834. The zero-order chi connectivity index (χ0) is 13.3. The van der Waals surface area contributed by atoms with Gasteiger partial charge in [-0.3, -0.25) is 9.48 Å². The van der Waals surface area contributed by atoms with E-state index in [9.17, 15) is 13.6 Å². The van der Waals surface area contributed by atoms with E-state index in [1.54, 1.807) is 13.2 Å². The van der Waals surface area contributed by atoms with Crippen molar-refractivity contribution in [1.82, 2.24) is 9.78 Å². The van der Waals surface area contributed by atoms with Crippen LogP contribution in [0.1, 0.15) is 10.5 Å². The third kappa shape index (κ3) is 2.66. The molecule has 0 aliphatic heterocycles. The second-order valence-electron chi connectivity index (χ2n) is 3.58. The number of carbonyl (C=O) groups is 1. The van der Waals surface area contributed by atoms with Crippen LogP contribution in [0, 0.1) is 15.2 Å². The van der Waals surface area contributed by atoms with Gasteiger partial charge in [0.15, 0.2) is 5.69 Å². The Kier molecular flexibility index (Phi) is 3.60. The van der Waals surface area contributed by atoms with E-state index in [0.717, 1.165) is 6.07 Å². The molecule has 1 aromatic heterocycles. The van der Waals surface area contributed by atoms with E-state index in [0.29, 0.717) is 9.64 Å². The fourth-order valence-electron chi connectivity index (χ4n) is 1.39. The molecule has 0 aliphatic rings. The third-order valence-electron chi connectivity index (χ3n) is 2.18. The van der Waals surface area contributed by atoms with Gasteiger partial charge in [0.2, 0.25) is 0 Å². The van der Waals surface area contributed by atoms with Crippen LogP contribution >= 0.6 is 22.6 Å². The van der Waals surface area contributed by atoms with Crippen molar-refractivity contribution < 1.29 is 13.6 Å². The first-order chi connectivity index (χ1) is 8.47. The normalized spacial score (nSPS) is 10.4. The van der Waals surface area contributed by atoms with Gasteiger partial charge in [0, 0.05) is 19.3 Å². The van der Waals surface area contributed by atoms with Crippen molar-refractivity contribution in [2.75, 3.05) is 5.32 Å². The largest absolute Gasteiger partial charge is 0.318 e. The van der Waals surface area contributed by atoms with Gasteiger partial charge in [0.05, 0.1) is 9.26 Å². The molecule has 1 N–H and O–H groups in total. The topological polar surface area (TPSA) is 46.9 Å². The summed E-state index contributed by atoms with van der Waals surface area (Å²) >= 11 is 1.96. The Bertz CT molecular complexity index is 612. The van der Waals surface area contributed by atoms with Crippen LogP contribution in [-0.2, 0) is 7.05 Å². The first-order valence-electron chi connectivity index (χ1n) is 4.93. The summed E-state index contributed by atoms with van der Waals surface area (Å²) in [7, 11) is 1.68. The van der Waals surface area contributed by atoms with Crippen molar-refractivity contribution in [3.8, 4) is 0 Å². The minimum atomic E-state index is -0.825. The summed E-state index contributed by atoms with van der Waals surface area (Å²) in [5.74, 6) is -2.06. The van der Waals surface area contributed by atoms with Crippen molar-refractivity contribution in [3.63, 3.8) is 0 Å². The number of nitrogens with zero attached hydrogens (tertiary/aromatic N) is 2. The number of carbonyl (C=O) groups excluding carboxylic acids is 1. The molecule has 1 heterocycles. The summed E-state index contributed by atoms with van der Waals surface area (Å²) < 4.78 is 28.2. The summed E-state index contributed by atoms with van der Waals surface area (Å²) in [4.78, 5) is 11.8. The van der Waals surface area contributed by atoms with Gasteiger partial charge in [-0.2, -0.15) is 5.10 Å². The molecule has 0 saturated carbocycles. The predicted octanol–water partition coefficient (Wildman–Crippen LogP) is 2.56. The van der Waals surface area contributed by atoms with Crippen molar-refractivity contribution in [2.24, 2.45) is 7.05 Å². The molecule has 4 nitrogen and oxygen atoms in total. The molecular formula is C11H8F2IN3O. The molecule has 0 radical (unpaired) electrons. The molecule has 2 rings (SSSR count). The van der Waals surface area contributed by atoms with Crippen LogP contribution in [0.25, 0.3) is 0 Å². The number of hydrogen-bond donors (Lipinski definition) is 1. The number of anilines is 1. The van der Waals surface area contributed by atoms with E-state index in [-0.39, 0.29) is 11.4 Å². The average Bonchev–Trinajstić information content (AvgIpc) is 2.62. The number of halogens is 3. The van der Waals surface area contributed by atoms with E-state index in [1.165, 1.54) is 10.7 Å². The number of benzene rings is 1. The molecule has 0 spiro atoms. The lowest BCUT2D eigenvalue weighted by Gasteiger charge is -2.04. The molecule has 0 aliphatic carbocycles. The summed E-state index contributed by atoms with van der Waals surface area (Å²) in [5.41, 5.74) is 0.115. The lowest BCUT2D eigenvalue weighted by Crippen LogP contribution is -2.15. The molecule has 0 bridgehead atoms. The minimum Gasteiger partial charge on any atom is -0.318 e. The van der Waals surface area contributed by atoms with E-state index in [1.807, 2.05) is 22.6 Å². The van der Waals surface area contributed by atoms with E-state index < -0.39 is 17.5 Å². The van der Waals surface area contributed by atoms with Crippen LogP contribution in [0.2, 0.25) is 0 Å². The molecule has 0 saturated heterocycles. The van der Waals surface area contributed by atoms with Gasteiger partial charge in [-0.1, -0.05) is 0 Å². The minimum absolute atomic E-state index is 0.0807. The van der Waals surface area contributed by atoms with Crippen LogP contribution in [-0.4, -0.2) is 15.7 Å². The number of rotatable bonds is 2. The highest BCUT2D eigenvalue weighted by Crippen LogP contribution is 2.17. The van der Waals surface area contributed by atoms with Gasteiger partial charge in [-0.25, -0.2) is 8.78 Å². The SMILES string of the molecule is Cn1cc(I)c(C(=O)Nc2ccc(F)cc2F)n1. The molecular weight excluding hydrogens is 355 g/mol. The van der Waals surface area contributed by atoms with Gasteiger partial charge in [-0.15, -0.1) is 0 Å². The standard InChI is InChI=1S/C11H8F2IN3O/c1-17-5-8(14)10(16-17)11(18)15-9-3-2-6(12)4-7(9)13/h2-5H,1H3,(H,15,18). The van der Waals surface area contributed by atoms with E-state index in [2.05, 4.69) is 10.4 Å². The van der Waals surface area contributed by atoms with Crippen molar-refractivity contribution in [2.45, 2.75) is 0 Å². The second kappa shape index (κ2) is 5.01. The molecule has 0 atom stereocenters. The van der Waals surface area contributed by atoms with Crippen LogP contribution in [0.4, 0.5) is 14.5 Å². The van der Waals surface area contributed by atoms with E-state index >= 15 is 0 Å². The fraction of sp³-hybridized carbons (Fsp3) is 0.0909. The van der Waals surface area contributed by atoms with Gasteiger partial charge in [0.1, 0.15) is 11.6 Å². The van der Waals surface area contributed by atoms with Gasteiger partial charge in [-0.05, 0) is 34.7 Å². The Morgan fingerprint density at radius 2 is 2.17 bits per heavy atom. The van der Waals surface area contributed by atoms with Gasteiger partial charge in [0.25, 0.3) is 5.91 Å². The number of nitrogens with one attached hydrogen (secondary N) is 1. The lowest BCUT2D eigenvalue weighted by molar-refractivity contribution is 0.102. The monoisotopic (exact) mass is 363 g/mol. The highest BCUT2D eigenvalue weighted by molar-refractivity contribution is 14.1. The number of amides is 1. The first kappa shape index (κ1) is 12.9. The maximum absolute atomic E-state index is 13.4. The second-order valence-corrected chi connectivity index (χ2v) is 4.74. The van der Waals surface area contributed by atoms with Crippen molar-refractivity contribution in [3.05, 3.63) is 45.3 Å². The summed E-state index contributed by atoms with van der Waals surface area (Å²) in [6.45, 7) is 0. The zero-order valence-corrected chi connectivity index (χ0v) is 11.4. The van der Waals surface area contributed by atoms with Gasteiger partial charge >= 0.3 is 0 Å². The summed E-state index contributed by atoms with van der Waals surface area (Å²) in [6.07, 6.45) is 1.66. The highest BCUT2D eigenvalue weighted by Gasteiger charge is 2.16. The molecule has 2 aromatic rings. The summed E-state index contributed by atoms with van der Waals surface area (Å²) in [5, 5.41) is 6.30. The van der Waals surface area contributed by atoms with Gasteiger partial charge < -0.3 is 5.32 Å². The lowest BCUT2D eigenvalue weighted by atomic mass is 10.3. The Labute approximate surface area is 115 Å². The maximum Gasteiger partial charge on any atom is 0.277 e. The van der Waals surface area contributed by atoms with Crippen LogP contribution in [0.3, 0.4) is 0 Å². The number of aromatic nitrogens is 2. The molecule has 18 heavy (non-hydrogen) atoms. The predicted molar refractivity (Wildman–Crippen MR) is 70.2 cm³/mol. The number of aryl methyl sites for hydroxylation is 1. The highest BCUT2D eigenvalue weighted by atomic mass is 127. The fourth-order valence-corrected chi connectivity index (χ4v) is 2.14. The molecule has 7 heteroatoms. The van der Waals surface area contributed by atoms with Crippen molar-refractivity contribution >= 4 is 34.2 Å². The van der Waals surface area contributed by atoms with Crippen LogP contribution in [0.5, 0.6) is 0 Å². The Morgan fingerprint density at radius 1 is 1.44 bits per heavy atom. The molecule has 0 fully saturated rings. The molecule has 94 valence electrons. The Morgan fingerprint density at radius 3 is 2.72 bits per heavy atom. The molecule has 0 unspecified atom stereocenters. The smallest absolute Gasteiger partial charge is 0.277 e. The first-order valence-corrected chi connectivity index (χ1v) is 6.01. The van der Waals surface area contributed by atoms with Crippen LogP contribution in [0.15, 0.2) is 24.4 Å². The number of hydrogen-bond acceptors (Lipinski definition) is 2. The zero-order valence-electron chi connectivity index (χ0n) is 9.25. The molecule has 1 amide bonds. The Balaban J connectivity index is 2.24.